The van der Waals surface area contributed by atoms with Crippen LogP contribution in [-0.4, -0.2) is 34.2 Å². The molecule has 0 bridgehead atoms. The van der Waals surface area contributed by atoms with Crippen molar-refractivity contribution in [1.29, 1.82) is 0 Å². The lowest BCUT2D eigenvalue weighted by Crippen LogP contribution is -1.95. The fourth-order valence-electron chi connectivity index (χ4n) is 3.50. The van der Waals surface area contributed by atoms with Gasteiger partial charge in [-0.25, -0.2) is 4.98 Å². The van der Waals surface area contributed by atoms with Crippen LogP contribution in [0.3, 0.4) is 0 Å². The van der Waals surface area contributed by atoms with Crippen molar-refractivity contribution >= 4 is 27.4 Å². The number of aromatic nitrogens is 4. The number of ether oxygens (including phenoxy) is 3. The Hall–Kier alpha value is -4.46. The number of nitrogens with zero attached hydrogens (tertiary/aromatic N) is 4. The molecule has 4 heterocycles. The Labute approximate surface area is 183 Å². The Morgan fingerprint density at radius 1 is 0.812 bits per heavy atom. The van der Waals surface area contributed by atoms with Crippen molar-refractivity contribution in [3.05, 3.63) is 67.4 Å². The van der Waals surface area contributed by atoms with Crippen molar-refractivity contribution in [2.45, 2.75) is 0 Å². The van der Waals surface area contributed by atoms with E-state index < -0.39 is 0 Å². The highest BCUT2D eigenvalue weighted by Gasteiger charge is 2.12. The number of hydrogen-bond acceptors (Lipinski definition) is 8. The van der Waals surface area contributed by atoms with Gasteiger partial charge in [0.05, 0.1) is 37.3 Å². The van der Waals surface area contributed by atoms with Crippen molar-refractivity contribution in [2.24, 2.45) is 0 Å². The lowest BCUT2D eigenvalue weighted by Gasteiger charge is -2.11. The van der Waals surface area contributed by atoms with Crippen LogP contribution in [0.15, 0.2) is 67.4 Å². The van der Waals surface area contributed by atoms with Crippen LogP contribution in [0, 0.1) is 0 Å². The lowest BCUT2D eigenvalue weighted by atomic mass is 10.0. The summed E-state index contributed by atoms with van der Waals surface area (Å²) in [5.74, 6) is 2.11. The zero-order chi connectivity index (χ0) is 22.1. The average molecular weight is 425 g/mol. The van der Waals surface area contributed by atoms with Crippen LogP contribution in [0.1, 0.15) is 0 Å². The molecule has 5 aromatic rings. The molecule has 32 heavy (non-hydrogen) atoms. The zero-order valence-electron chi connectivity index (χ0n) is 17.4. The second-order valence-electron chi connectivity index (χ2n) is 7.05. The van der Waals surface area contributed by atoms with Crippen molar-refractivity contribution in [3.8, 4) is 34.4 Å². The molecular weight excluding hydrogens is 406 g/mol. The highest BCUT2D eigenvalue weighted by Crippen LogP contribution is 2.36. The van der Waals surface area contributed by atoms with Gasteiger partial charge < -0.3 is 19.9 Å². The minimum Gasteiger partial charge on any atom is -0.493 e. The van der Waals surface area contributed by atoms with Gasteiger partial charge in [0.25, 0.3) is 0 Å². The van der Waals surface area contributed by atoms with Crippen LogP contribution >= 0.6 is 0 Å². The molecule has 0 saturated heterocycles. The summed E-state index contributed by atoms with van der Waals surface area (Å²) in [4.78, 5) is 17.6. The van der Waals surface area contributed by atoms with Gasteiger partial charge >= 0.3 is 0 Å². The minimum absolute atomic E-state index is 0.330. The molecule has 0 radical (unpaired) electrons. The van der Waals surface area contributed by atoms with Crippen LogP contribution < -0.4 is 19.9 Å². The maximum absolute atomic E-state index is 5.93. The highest BCUT2D eigenvalue weighted by atomic mass is 16.5. The predicted octanol–water partition coefficient (Wildman–Crippen LogP) is 4.63. The summed E-state index contributed by atoms with van der Waals surface area (Å²) in [7, 11) is 3.22. The third-order valence-corrected chi connectivity index (χ3v) is 5.09. The number of benzene rings is 1. The van der Waals surface area contributed by atoms with E-state index in [9.17, 15) is 0 Å². The summed E-state index contributed by atoms with van der Waals surface area (Å²) >= 11 is 0. The van der Waals surface area contributed by atoms with E-state index in [2.05, 4.69) is 19.9 Å². The summed E-state index contributed by atoms with van der Waals surface area (Å²) in [5, 5.41) is 2.83. The third kappa shape index (κ3) is 3.47. The molecule has 0 saturated carbocycles. The first kappa shape index (κ1) is 19.5. The fraction of sp³-hybridized carbons (Fsp3) is 0.0833. The monoisotopic (exact) mass is 425 g/mol. The van der Waals surface area contributed by atoms with E-state index in [0.29, 0.717) is 28.8 Å². The van der Waals surface area contributed by atoms with E-state index in [1.54, 1.807) is 57.3 Å². The van der Waals surface area contributed by atoms with Gasteiger partial charge in [-0.2, -0.15) is 0 Å². The maximum Gasteiger partial charge on any atom is 0.242 e. The van der Waals surface area contributed by atoms with Crippen LogP contribution in [0.5, 0.6) is 23.1 Å². The highest BCUT2D eigenvalue weighted by molar-refractivity contribution is 6.07. The van der Waals surface area contributed by atoms with E-state index >= 15 is 0 Å². The van der Waals surface area contributed by atoms with Crippen LogP contribution in [0.2, 0.25) is 0 Å². The second kappa shape index (κ2) is 7.99. The Kier molecular flexibility index (Phi) is 4.87. The molecule has 5 rings (SSSR count). The zero-order valence-corrected chi connectivity index (χ0v) is 17.4. The number of hydrogen-bond donors (Lipinski definition) is 1. The van der Waals surface area contributed by atoms with Crippen molar-refractivity contribution in [1.82, 2.24) is 19.9 Å². The largest absolute Gasteiger partial charge is 0.493 e. The molecule has 0 aliphatic carbocycles. The molecule has 2 N–H and O–H groups in total. The lowest BCUT2D eigenvalue weighted by molar-refractivity contribution is 0.356. The van der Waals surface area contributed by atoms with Crippen molar-refractivity contribution in [2.75, 3.05) is 20.0 Å². The van der Waals surface area contributed by atoms with Gasteiger partial charge in [-0.1, -0.05) is 0 Å². The van der Waals surface area contributed by atoms with E-state index in [-0.39, 0.29) is 0 Å². The molecule has 0 fully saturated rings. The number of nitrogens with two attached hydrogens (primary N) is 1. The molecule has 8 nitrogen and oxygen atoms in total. The normalized spacial score (nSPS) is 10.9. The molecule has 158 valence electrons. The number of fused-ring (bicyclic) bond motifs is 3. The van der Waals surface area contributed by atoms with Gasteiger partial charge in [-0.3, -0.25) is 15.0 Å². The number of pyridine rings is 4. The van der Waals surface area contributed by atoms with E-state index in [4.69, 9.17) is 19.9 Å². The van der Waals surface area contributed by atoms with Crippen LogP contribution in [-0.2, 0) is 0 Å². The molecule has 0 amide bonds. The molecule has 1 aromatic carbocycles. The number of nitrogen functional groups attached to an aromatic ring is 1. The topological polar surface area (TPSA) is 105 Å². The Bertz CT molecular complexity index is 1460. The second-order valence-corrected chi connectivity index (χ2v) is 7.05. The molecule has 0 aliphatic rings. The summed E-state index contributed by atoms with van der Waals surface area (Å²) in [6.07, 6.45) is 8.54. The first-order valence-corrected chi connectivity index (χ1v) is 9.80. The SMILES string of the molecule is COc1cc2ncc3cnc(-c4cncc(Oc5ncccc5N)c4)cc3c2cc1OC. The smallest absolute Gasteiger partial charge is 0.242 e. The molecule has 8 heteroatoms. The fourth-order valence-corrected chi connectivity index (χ4v) is 3.50. The molecule has 0 aliphatic heterocycles. The maximum atomic E-state index is 5.93. The van der Waals surface area contributed by atoms with Gasteiger partial charge in [-0.15, -0.1) is 0 Å². The van der Waals surface area contributed by atoms with Gasteiger partial charge in [-0.05, 0) is 35.7 Å². The quantitative estimate of drug-likeness (QED) is 0.406. The predicted molar refractivity (Wildman–Crippen MR) is 122 cm³/mol. The minimum atomic E-state index is 0.330. The van der Waals surface area contributed by atoms with Gasteiger partial charge in [0.2, 0.25) is 5.88 Å². The summed E-state index contributed by atoms with van der Waals surface area (Å²) in [6, 6.07) is 11.1. The Morgan fingerprint density at radius 2 is 1.62 bits per heavy atom. The van der Waals surface area contributed by atoms with Crippen LogP contribution in [0.25, 0.3) is 32.9 Å². The summed E-state index contributed by atoms with van der Waals surface area (Å²) in [6.45, 7) is 0. The van der Waals surface area contributed by atoms with Crippen molar-refractivity contribution in [3.63, 3.8) is 0 Å². The molecule has 0 unspecified atom stereocenters. The van der Waals surface area contributed by atoms with Gasteiger partial charge in [0, 0.05) is 47.2 Å². The summed E-state index contributed by atoms with van der Waals surface area (Å²) in [5.41, 5.74) is 8.72. The number of methoxy groups -OCH3 is 2. The first-order valence-electron chi connectivity index (χ1n) is 9.80. The standard InChI is InChI=1S/C24H19N5O3/c1-30-22-8-18-17-7-20(28-11-15(17)12-29-21(18)9-23(22)31-2)14-6-16(13-26-10-14)32-24-19(25)4-3-5-27-24/h3-13H,25H2,1-2H3. The van der Waals surface area contributed by atoms with E-state index in [0.717, 1.165) is 32.9 Å². The van der Waals surface area contributed by atoms with Crippen LogP contribution in [0.4, 0.5) is 5.69 Å². The van der Waals surface area contributed by atoms with Gasteiger partial charge in [0.1, 0.15) is 5.75 Å². The molecular formula is C24H19N5O3. The Morgan fingerprint density at radius 3 is 2.44 bits per heavy atom. The summed E-state index contributed by atoms with van der Waals surface area (Å²) < 4.78 is 16.7. The van der Waals surface area contributed by atoms with E-state index in [1.165, 1.54) is 0 Å². The number of rotatable bonds is 5. The van der Waals surface area contributed by atoms with Gasteiger partial charge in [0.15, 0.2) is 11.5 Å². The van der Waals surface area contributed by atoms with Crippen molar-refractivity contribution < 1.29 is 14.2 Å². The number of anilines is 1. The third-order valence-electron chi connectivity index (χ3n) is 5.09. The molecule has 0 atom stereocenters. The molecule has 0 spiro atoms. The average Bonchev–Trinajstić information content (AvgIpc) is 2.84. The first-order chi connectivity index (χ1) is 15.7. The van der Waals surface area contributed by atoms with E-state index in [1.807, 2.05) is 24.3 Å². The molecule has 4 aromatic heterocycles. The Balaban J connectivity index is 1.60.